The van der Waals surface area contributed by atoms with Gasteiger partial charge in [-0.1, -0.05) is 47.2 Å². The number of aliphatic hydroxyl groups excluding tert-OH is 4. The average molecular weight is 452 g/mol. The Bertz CT molecular complexity index is 757. The van der Waals surface area contributed by atoms with Crippen LogP contribution in [0.1, 0.15) is 24.8 Å². The van der Waals surface area contributed by atoms with Crippen LogP contribution in [-0.4, -0.2) is 74.9 Å². The molecule has 12 heteroatoms. The topological polar surface area (TPSA) is 166 Å². The molecule has 0 radical (unpaired) electrons. The van der Waals surface area contributed by atoms with E-state index in [0.29, 0.717) is 6.42 Å². The molecule has 1 saturated heterocycles. The molecule has 0 aromatic heterocycles. The van der Waals surface area contributed by atoms with E-state index >= 15 is 0 Å². The summed E-state index contributed by atoms with van der Waals surface area (Å²) in [4.78, 5) is 0. The minimum Gasteiger partial charge on any atom is -0.394 e. The Morgan fingerprint density at radius 2 is 1.79 bits per heavy atom. The zero-order valence-corrected chi connectivity index (χ0v) is 17.1. The second-order valence-corrected chi connectivity index (χ2v) is 8.67. The fraction of sp³-hybridized carbons (Fsp3) is 0.588. The predicted octanol–water partition coefficient (Wildman–Crippen LogP) is 0.0654. The Kier molecular flexibility index (Phi) is 9.30. The highest BCUT2D eigenvalue weighted by Gasteiger charge is 2.44. The quantitative estimate of drug-likeness (QED) is 0.114. The van der Waals surface area contributed by atoms with Crippen LogP contribution in [0, 0.1) is 0 Å². The van der Waals surface area contributed by atoms with Crippen molar-refractivity contribution < 1.29 is 42.4 Å². The van der Waals surface area contributed by atoms with E-state index in [1.165, 1.54) is 0 Å². The highest BCUT2D eigenvalue weighted by molar-refractivity contribution is 8.14. The summed E-state index contributed by atoms with van der Waals surface area (Å²) >= 11 is 0.781. The van der Waals surface area contributed by atoms with E-state index in [1.807, 2.05) is 30.3 Å². The van der Waals surface area contributed by atoms with E-state index in [9.17, 15) is 28.8 Å². The van der Waals surface area contributed by atoms with Crippen molar-refractivity contribution in [2.45, 2.75) is 55.5 Å². The van der Waals surface area contributed by atoms with Crippen LogP contribution in [0.2, 0.25) is 0 Å². The van der Waals surface area contributed by atoms with E-state index < -0.39 is 46.9 Å². The van der Waals surface area contributed by atoms with Crippen molar-refractivity contribution in [3.8, 4) is 0 Å². The lowest BCUT2D eigenvalue weighted by Gasteiger charge is -2.39. The van der Waals surface area contributed by atoms with Crippen LogP contribution in [0.3, 0.4) is 0 Å². The van der Waals surface area contributed by atoms with Crippen LogP contribution in [0.4, 0.5) is 0 Å². The van der Waals surface area contributed by atoms with Gasteiger partial charge in [0.25, 0.3) is 0 Å². The smallest absolute Gasteiger partial charge is 0.394 e. The minimum absolute atomic E-state index is 0.0972. The summed E-state index contributed by atoms with van der Waals surface area (Å²) in [6, 6.07) is 9.74. The summed E-state index contributed by atoms with van der Waals surface area (Å²) in [6.45, 7) is -0.590. The van der Waals surface area contributed by atoms with Gasteiger partial charge in [0.1, 0.15) is 34.9 Å². The normalized spacial score (nSPS) is 28.3. The van der Waals surface area contributed by atoms with Crippen molar-refractivity contribution in [3.05, 3.63) is 35.9 Å². The zero-order valence-electron chi connectivity index (χ0n) is 15.4. The van der Waals surface area contributed by atoms with E-state index in [4.69, 9.17) is 9.29 Å². The fourth-order valence-corrected chi connectivity index (χ4v) is 4.10. The van der Waals surface area contributed by atoms with E-state index in [1.54, 1.807) is 0 Å². The first-order chi connectivity index (χ1) is 13.7. The monoisotopic (exact) mass is 451 g/mol. The molecule has 164 valence electrons. The van der Waals surface area contributed by atoms with Crippen LogP contribution < -0.4 is 0 Å². The molecule has 0 amide bonds. The number of ether oxygens (including phenoxy) is 1. The van der Waals surface area contributed by atoms with Crippen LogP contribution in [0.25, 0.3) is 0 Å². The van der Waals surface area contributed by atoms with Gasteiger partial charge in [-0.15, -0.1) is 0 Å². The van der Waals surface area contributed by atoms with Crippen molar-refractivity contribution in [2.24, 2.45) is 5.16 Å². The summed E-state index contributed by atoms with van der Waals surface area (Å²) in [6.07, 6.45) is -3.31. The maximum atomic E-state index is 10.8. The number of benzene rings is 1. The number of rotatable bonds is 9. The first kappa shape index (κ1) is 24.0. The number of unbranched alkanes of at least 4 members (excludes halogenated alkanes) is 1. The van der Waals surface area contributed by atoms with Crippen LogP contribution in [0.15, 0.2) is 35.5 Å². The summed E-state index contributed by atoms with van der Waals surface area (Å²) < 4.78 is 39.9. The maximum Gasteiger partial charge on any atom is 0.466 e. The molecular weight excluding hydrogens is 426 g/mol. The fourth-order valence-electron chi connectivity index (χ4n) is 2.76. The first-order valence-corrected chi connectivity index (χ1v) is 11.2. The van der Waals surface area contributed by atoms with Crippen molar-refractivity contribution in [1.29, 1.82) is 0 Å². The van der Waals surface area contributed by atoms with Gasteiger partial charge in [-0.2, -0.15) is 8.42 Å². The van der Waals surface area contributed by atoms with Gasteiger partial charge in [-0.3, -0.25) is 4.55 Å². The van der Waals surface area contributed by atoms with Crippen LogP contribution in [-0.2, 0) is 25.8 Å². The number of hydrogen-bond donors (Lipinski definition) is 5. The third-order valence-electron chi connectivity index (χ3n) is 4.28. The van der Waals surface area contributed by atoms with Crippen LogP contribution >= 0.6 is 11.8 Å². The molecule has 0 saturated carbocycles. The SMILES string of the molecule is O=S(=O)(O)ON=C(CCCCc1ccccc1)S[C@@H]1O[C@H](CO)[C@@H](O)[C@H](O)[C@H]1O. The van der Waals surface area contributed by atoms with Gasteiger partial charge in [0.15, 0.2) is 0 Å². The Labute approximate surface area is 173 Å². The maximum absolute atomic E-state index is 10.8. The molecule has 2 rings (SSSR count). The third-order valence-corrected chi connectivity index (χ3v) is 5.72. The lowest BCUT2D eigenvalue weighted by atomic mass is 10.0. The molecule has 5 N–H and O–H groups in total. The Balaban J connectivity index is 1.99. The second kappa shape index (κ2) is 11.2. The second-order valence-electron chi connectivity index (χ2n) is 6.50. The molecule has 0 spiro atoms. The number of nitrogens with zero attached hydrogens (tertiary/aromatic N) is 1. The van der Waals surface area contributed by atoms with Gasteiger partial charge in [-0.05, 0) is 31.2 Å². The molecule has 0 aliphatic carbocycles. The first-order valence-electron chi connectivity index (χ1n) is 8.95. The van der Waals surface area contributed by atoms with Gasteiger partial charge in [0.05, 0.1) is 6.61 Å². The van der Waals surface area contributed by atoms with Crippen molar-refractivity contribution in [1.82, 2.24) is 0 Å². The summed E-state index contributed by atoms with van der Waals surface area (Å²) in [7, 11) is -4.82. The van der Waals surface area contributed by atoms with E-state index in [-0.39, 0.29) is 11.5 Å². The molecule has 0 unspecified atom stereocenters. The molecule has 1 aliphatic rings. The van der Waals surface area contributed by atoms with Gasteiger partial charge in [0, 0.05) is 0 Å². The number of aryl methyl sites for hydroxylation is 1. The zero-order chi connectivity index (χ0) is 21.4. The molecular formula is C17H25NO9S2. The summed E-state index contributed by atoms with van der Waals surface area (Å²) in [5, 5.41) is 42.6. The molecule has 1 aromatic carbocycles. The standard InChI is InChI=1S/C17H25NO9S2/c19-10-12-14(20)15(21)16(22)17(26-12)28-13(18-27-29(23,24)25)9-5-4-8-11-6-2-1-3-7-11/h1-3,6-7,12,14-17,19-22H,4-5,8-10H2,(H,23,24,25)/t12-,14-,15+,16-,17+/m1/s1. The molecule has 0 bridgehead atoms. The van der Waals surface area contributed by atoms with Gasteiger partial charge in [0.2, 0.25) is 0 Å². The number of oxime groups is 1. The summed E-state index contributed by atoms with van der Waals surface area (Å²) in [5.74, 6) is 0. The van der Waals surface area contributed by atoms with Crippen molar-refractivity contribution in [2.75, 3.05) is 6.61 Å². The molecule has 1 aromatic rings. The van der Waals surface area contributed by atoms with Gasteiger partial charge in [-0.25, -0.2) is 4.28 Å². The molecule has 1 fully saturated rings. The highest BCUT2D eigenvalue weighted by atomic mass is 32.3. The average Bonchev–Trinajstić information content (AvgIpc) is 2.69. The van der Waals surface area contributed by atoms with E-state index in [0.717, 1.165) is 30.2 Å². The lowest BCUT2D eigenvalue weighted by Crippen LogP contribution is -2.57. The lowest BCUT2D eigenvalue weighted by molar-refractivity contribution is -0.205. The largest absolute Gasteiger partial charge is 0.466 e. The minimum atomic E-state index is -4.82. The number of hydrogen-bond acceptors (Lipinski definition) is 10. The Hall–Kier alpha value is -1.25. The van der Waals surface area contributed by atoms with Crippen LogP contribution in [0.5, 0.6) is 0 Å². The molecule has 1 heterocycles. The van der Waals surface area contributed by atoms with Crippen molar-refractivity contribution >= 4 is 27.2 Å². The predicted molar refractivity (Wildman–Crippen MR) is 105 cm³/mol. The molecule has 10 nitrogen and oxygen atoms in total. The van der Waals surface area contributed by atoms with Gasteiger partial charge >= 0.3 is 10.4 Å². The van der Waals surface area contributed by atoms with Crippen molar-refractivity contribution in [3.63, 3.8) is 0 Å². The van der Waals surface area contributed by atoms with E-state index in [2.05, 4.69) is 9.44 Å². The highest BCUT2D eigenvalue weighted by Crippen LogP contribution is 2.30. The van der Waals surface area contributed by atoms with Gasteiger partial charge < -0.3 is 25.2 Å². The Morgan fingerprint density at radius 3 is 2.41 bits per heavy atom. The third kappa shape index (κ3) is 7.83. The summed E-state index contributed by atoms with van der Waals surface area (Å²) in [5.41, 5.74) is 0.00480. The molecule has 29 heavy (non-hydrogen) atoms. The molecule has 1 aliphatic heterocycles. The Morgan fingerprint density at radius 1 is 1.10 bits per heavy atom. The molecule has 5 atom stereocenters. The number of aliphatic hydroxyl groups is 4. The number of thioether (sulfide) groups is 1.